The van der Waals surface area contributed by atoms with Crippen LogP contribution in [-0.4, -0.2) is 23.3 Å². The monoisotopic (exact) mass is 457 g/mol. The number of carbonyl (C=O) groups is 2. The van der Waals surface area contributed by atoms with Crippen LogP contribution in [0.4, 0.5) is 10.1 Å². The lowest BCUT2D eigenvalue weighted by molar-refractivity contribution is -0.120. The molecule has 2 amide bonds. The van der Waals surface area contributed by atoms with Gasteiger partial charge in [0.25, 0.3) is 5.91 Å². The zero-order valence-electron chi connectivity index (χ0n) is 18.5. The van der Waals surface area contributed by atoms with Crippen molar-refractivity contribution in [3.05, 3.63) is 120 Å². The van der Waals surface area contributed by atoms with E-state index in [4.69, 9.17) is 4.42 Å². The molecule has 0 aliphatic rings. The molecule has 0 atom stereocenters. The number of nitrogens with zero attached hydrogens (tertiary/aromatic N) is 2. The second-order valence-electron chi connectivity index (χ2n) is 7.76. The molecule has 0 spiro atoms. The summed E-state index contributed by atoms with van der Waals surface area (Å²) in [6.07, 6.45) is 4.05. The Hall–Kier alpha value is -4.26. The third-order valence-corrected chi connectivity index (χ3v) is 5.25. The zero-order valence-corrected chi connectivity index (χ0v) is 18.5. The Morgan fingerprint density at radius 3 is 2.50 bits per heavy atom. The maximum atomic E-state index is 13.7. The number of aromatic nitrogens is 1. The Morgan fingerprint density at radius 1 is 0.941 bits per heavy atom. The van der Waals surface area contributed by atoms with Crippen LogP contribution in [0.25, 0.3) is 0 Å². The second-order valence-corrected chi connectivity index (χ2v) is 7.76. The molecule has 0 aliphatic carbocycles. The van der Waals surface area contributed by atoms with E-state index in [2.05, 4.69) is 10.3 Å². The third kappa shape index (κ3) is 6.16. The first-order chi connectivity index (χ1) is 16.6. The van der Waals surface area contributed by atoms with Crippen LogP contribution in [0.1, 0.15) is 27.4 Å². The van der Waals surface area contributed by atoms with Crippen molar-refractivity contribution in [2.75, 3.05) is 11.4 Å². The Bertz CT molecular complexity index is 1230. The molecule has 34 heavy (non-hydrogen) atoms. The first-order valence-corrected chi connectivity index (χ1v) is 10.9. The van der Waals surface area contributed by atoms with E-state index in [9.17, 15) is 14.0 Å². The number of halogens is 1. The molecule has 7 heteroatoms. The fourth-order valence-corrected chi connectivity index (χ4v) is 3.55. The maximum absolute atomic E-state index is 13.7. The lowest BCUT2D eigenvalue weighted by atomic mass is 10.1. The van der Waals surface area contributed by atoms with E-state index in [-0.39, 0.29) is 36.4 Å². The van der Waals surface area contributed by atoms with Crippen LogP contribution in [0, 0.1) is 5.82 Å². The summed E-state index contributed by atoms with van der Waals surface area (Å²) in [7, 11) is 0. The summed E-state index contributed by atoms with van der Waals surface area (Å²) in [5, 5.41) is 2.90. The van der Waals surface area contributed by atoms with Gasteiger partial charge in [0.1, 0.15) is 5.82 Å². The summed E-state index contributed by atoms with van der Waals surface area (Å²) in [5.41, 5.74) is 3.00. The van der Waals surface area contributed by atoms with E-state index in [1.807, 2.05) is 30.3 Å². The normalized spacial score (nSPS) is 10.6. The minimum absolute atomic E-state index is 0.0908. The van der Waals surface area contributed by atoms with Gasteiger partial charge in [-0.1, -0.05) is 30.3 Å². The topological polar surface area (TPSA) is 75.4 Å². The molecule has 2 aromatic carbocycles. The minimum atomic E-state index is -0.368. The number of amides is 2. The molecule has 1 N–H and O–H groups in total. The van der Waals surface area contributed by atoms with Gasteiger partial charge in [0, 0.05) is 30.5 Å². The van der Waals surface area contributed by atoms with Crippen LogP contribution in [0.2, 0.25) is 0 Å². The molecule has 4 aromatic rings. The predicted molar refractivity (Wildman–Crippen MR) is 127 cm³/mol. The Kier molecular flexibility index (Phi) is 7.45. The summed E-state index contributed by atoms with van der Waals surface area (Å²) in [5.74, 6) is -0.610. The van der Waals surface area contributed by atoms with Gasteiger partial charge in [0.05, 0.1) is 19.2 Å². The lowest BCUT2D eigenvalue weighted by Gasteiger charge is -2.22. The van der Waals surface area contributed by atoms with E-state index in [1.54, 1.807) is 42.6 Å². The Balaban J connectivity index is 1.42. The van der Waals surface area contributed by atoms with Gasteiger partial charge in [-0.05, 0) is 59.7 Å². The molecule has 172 valence electrons. The van der Waals surface area contributed by atoms with Crippen molar-refractivity contribution >= 4 is 17.5 Å². The standard InChI is InChI=1S/C27H24FN3O3/c28-22-6-3-5-21(17-22)19-31(27(33)25-8-4-16-34-25)24-11-9-20(10-12-24)18-26(32)30-15-13-23-7-1-2-14-29-23/h1-12,14,16-17H,13,15,18-19H2,(H,30,32). The van der Waals surface area contributed by atoms with Crippen LogP contribution in [0.3, 0.4) is 0 Å². The molecule has 0 unspecified atom stereocenters. The third-order valence-electron chi connectivity index (χ3n) is 5.25. The van der Waals surface area contributed by atoms with Crippen molar-refractivity contribution in [2.24, 2.45) is 0 Å². The highest BCUT2D eigenvalue weighted by Crippen LogP contribution is 2.22. The number of anilines is 1. The molecule has 4 rings (SSSR count). The number of hydrogen-bond donors (Lipinski definition) is 1. The summed E-state index contributed by atoms with van der Waals surface area (Å²) in [6.45, 7) is 0.678. The fourth-order valence-electron chi connectivity index (χ4n) is 3.55. The maximum Gasteiger partial charge on any atom is 0.294 e. The first kappa shape index (κ1) is 22.9. The molecule has 2 heterocycles. The molecule has 0 bridgehead atoms. The summed E-state index contributed by atoms with van der Waals surface area (Å²) < 4.78 is 19.0. The molecule has 0 aliphatic heterocycles. The van der Waals surface area contributed by atoms with Crippen molar-refractivity contribution in [3.8, 4) is 0 Å². The van der Waals surface area contributed by atoms with Gasteiger partial charge in [-0.25, -0.2) is 4.39 Å². The second kappa shape index (κ2) is 11.0. The van der Waals surface area contributed by atoms with E-state index < -0.39 is 0 Å². The van der Waals surface area contributed by atoms with E-state index >= 15 is 0 Å². The largest absolute Gasteiger partial charge is 0.459 e. The number of hydrogen-bond acceptors (Lipinski definition) is 4. The molecule has 0 radical (unpaired) electrons. The predicted octanol–water partition coefficient (Wildman–Crippen LogP) is 4.56. The van der Waals surface area contributed by atoms with Crippen LogP contribution in [0.5, 0.6) is 0 Å². The van der Waals surface area contributed by atoms with Gasteiger partial charge in [-0.3, -0.25) is 14.6 Å². The van der Waals surface area contributed by atoms with Crippen LogP contribution < -0.4 is 10.2 Å². The summed E-state index contributed by atoms with van der Waals surface area (Å²) in [6, 6.07) is 22.2. The van der Waals surface area contributed by atoms with E-state index in [0.717, 1.165) is 11.3 Å². The first-order valence-electron chi connectivity index (χ1n) is 10.9. The molecule has 2 aromatic heterocycles. The molecule has 0 saturated heterocycles. The number of carbonyl (C=O) groups excluding carboxylic acids is 2. The molecule has 0 fully saturated rings. The van der Waals surface area contributed by atoms with Crippen LogP contribution in [0.15, 0.2) is 95.7 Å². The van der Waals surface area contributed by atoms with Gasteiger partial charge in [-0.15, -0.1) is 0 Å². The van der Waals surface area contributed by atoms with Crippen molar-refractivity contribution in [1.82, 2.24) is 10.3 Å². The summed E-state index contributed by atoms with van der Waals surface area (Å²) >= 11 is 0. The average Bonchev–Trinajstić information content (AvgIpc) is 3.39. The van der Waals surface area contributed by atoms with Crippen LogP contribution in [-0.2, 0) is 24.2 Å². The van der Waals surface area contributed by atoms with Gasteiger partial charge in [0.2, 0.25) is 5.91 Å². The van der Waals surface area contributed by atoms with E-state index in [1.165, 1.54) is 23.3 Å². The highest BCUT2D eigenvalue weighted by molar-refractivity contribution is 6.04. The van der Waals surface area contributed by atoms with E-state index in [0.29, 0.717) is 24.2 Å². The van der Waals surface area contributed by atoms with Crippen molar-refractivity contribution < 1.29 is 18.4 Å². The lowest BCUT2D eigenvalue weighted by Crippen LogP contribution is -2.30. The quantitative estimate of drug-likeness (QED) is 0.400. The molecular formula is C27H24FN3O3. The van der Waals surface area contributed by atoms with Gasteiger partial charge >= 0.3 is 0 Å². The van der Waals surface area contributed by atoms with Crippen molar-refractivity contribution in [2.45, 2.75) is 19.4 Å². The number of benzene rings is 2. The number of pyridine rings is 1. The van der Waals surface area contributed by atoms with Gasteiger partial charge in [0.15, 0.2) is 5.76 Å². The number of rotatable bonds is 9. The van der Waals surface area contributed by atoms with Crippen LogP contribution >= 0.6 is 0 Å². The molecule has 0 saturated carbocycles. The minimum Gasteiger partial charge on any atom is -0.459 e. The van der Waals surface area contributed by atoms with Crippen molar-refractivity contribution in [3.63, 3.8) is 0 Å². The molecular weight excluding hydrogens is 433 g/mol. The highest BCUT2D eigenvalue weighted by atomic mass is 19.1. The Morgan fingerprint density at radius 2 is 1.79 bits per heavy atom. The average molecular weight is 458 g/mol. The highest BCUT2D eigenvalue weighted by Gasteiger charge is 2.21. The number of nitrogens with one attached hydrogen (secondary N) is 1. The molecule has 6 nitrogen and oxygen atoms in total. The summed E-state index contributed by atoms with van der Waals surface area (Å²) in [4.78, 5) is 31.1. The smallest absolute Gasteiger partial charge is 0.294 e. The fraction of sp³-hybridized carbons (Fsp3) is 0.148. The SMILES string of the molecule is O=C(Cc1ccc(N(Cc2cccc(F)c2)C(=O)c2ccco2)cc1)NCCc1ccccn1. The zero-order chi connectivity index (χ0) is 23.8. The number of furan rings is 1. The van der Waals surface area contributed by atoms with Crippen molar-refractivity contribution in [1.29, 1.82) is 0 Å². The van der Waals surface area contributed by atoms with Gasteiger partial charge in [-0.2, -0.15) is 0 Å². The Labute approximate surface area is 197 Å². The van der Waals surface area contributed by atoms with Gasteiger partial charge < -0.3 is 14.6 Å².